The molecule has 0 atom stereocenters. The maximum Gasteiger partial charge on any atom is 0.348 e. The SMILES string of the molecule is C=CCOC(=O)c1sc2ncn(Cc3cccc(Cl)c3)c(=O)c2c1C. The van der Waals surface area contributed by atoms with Gasteiger partial charge in [0.15, 0.2) is 0 Å². The molecule has 0 fully saturated rings. The Morgan fingerprint density at radius 3 is 3.00 bits per heavy atom. The van der Waals surface area contributed by atoms with Crippen molar-refractivity contribution in [3.8, 4) is 0 Å². The van der Waals surface area contributed by atoms with Gasteiger partial charge in [-0.15, -0.1) is 11.3 Å². The first-order valence-corrected chi connectivity index (χ1v) is 8.71. The number of hydrogen-bond donors (Lipinski definition) is 0. The first kappa shape index (κ1) is 17.4. The van der Waals surface area contributed by atoms with Gasteiger partial charge in [-0.3, -0.25) is 9.36 Å². The lowest BCUT2D eigenvalue weighted by atomic mass is 10.2. The van der Waals surface area contributed by atoms with E-state index in [1.54, 1.807) is 19.1 Å². The molecule has 0 bridgehead atoms. The van der Waals surface area contributed by atoms with E-state index in [4.69, 9.17) is 16.3 Å². The number of halogens is 1. The van der Waals surface area contributed by atoms with E-state index in [0.717, 1.165) is 16.9 Å². The van der Waals surface area contributed by atoms with Gasteiger partial charge in [0.05, 0.1) is 18.3 Å². The number of carbonyl (C=O) groups excluding carboxylic acids is 1. The third-order valence-electron chi connectivity index (χ3n) is 3.68. The second kappa shape index (κ2) is 7.21. The number of ether oxygens (including phenoxy) is 1. The smallest absolute Gasteiger partial charge is 0.348 e. The van der Waals surface area contributed by atoms with Crippen molar-refractivity contribution in [3.05, 3.63) is 74.6 Å². The van der Waals surface area contributed by atoms with Crippen LogP contribution in [0, 0.1) is 6.92 Å². The number of fused-ring (bicyclic) bond motifs is 1. The zero-order valence-corrected chi connectivity index (χ0v) is 15.1. The van der Waals surface area contributed by atoms with E-state index in [-0.39, 0.29) is 12.2 Å². The molecule has 5 nitrogen and oxygen atoms in total. The van der Waals surface area contributed by atoms with Crippen LogP contribution in [0.2, 0.25) is 5.02 Å². The van der Waals surface area contributed by atoms with Crippen LogP contribution >= 0.6 is 22.9 Å². The lowest BCUT2D eigenvalue weighted by Crippen LogP contribution is -2.21. The zero-order chi connectivity index (χ0) is 18.0. The Labute approximate surface area is 153 Å². The summed E-state index contributed by atoms with van der Waals surface area (Å²) in [6.07, 6.45) is 2.98. The molecule has 0 aliphatic carbocycles. The van der Waals surface area contributed by atoms with E-state index in [9.17, 15) is 9.59 Å². The molecule has 0 amide bonds. The number of thiophene rings is 1. The Balaban J connectivity index is 2.02. The van der Waals surface area contributed by atoms with Crippen LogP contribution in [0.3, 0.4) is 0 Å². The van der Waals surface area contributed by atoms with E-state index < -0.39 is 5.97 Å². The summed E-state index contributed by atoms with van der Waals surface area (Å²) in [4.78, 5) is 30.2. The average molecular weight is 375 g/mol. The van der Waals surface area contributed by atoms with Crippen molar-refractivity contribution in [2.75, 3.05) is 6.61 Å². The summed E-state index contributed by atoms with van der Waals surface area (Å²) in [5.41, 5.74) is 1.29. The van der Waals surface area contributed by atoms with Crippen molar-refractivity contribution in [1.29, 1.82) is 0 Å². The minimum absolute atomic E-state index is 0.124. The van der Waals surface area contributed by atoms with Crippen molar-refractivity contribution in [3.63, 3.8) is 0 Å². The predicted octanol–water partition coefficient (Wildman–Crippen LogP) is 3.81. The summed E-state index contributed by atoms with van der Waals surface area (Å²) >= 11 is 7.15. The Hall–Kier alpha value is -2.44. The van der Waals surface area contributed by atoms with Crippen LogP contribution in [0.15, 0.2) is 48.0 Å². The fourth-order valence-corrected chi connectivity index (χ4v) is 3.74. The number of carbonyl (C=O) groups is 1. The average Bonchev–Trinajstić information content (AvgIpc) is 2.93. The van der Waals surface area contributed by atoms with E-state index in [1.165, 1.54) is 17.0 Å². The van der Waals surface area contributed by atoms with Crippen LogP contribution in [0.25, 0.3) is 10.2 Å². The molecule has 3 rings (SSSR count). The second-order valence-electron chi connectivity index (χ2n) is 5.43. The topological polar surface area (TPSA) is 61.2 Å². The van der Waals surface area contributed by atoms with E-state index >= 15 is 0 Å². The lowest BCUT2D eigenvalue weighted by Gasteiger charge is -2.06. The summed E-state index contributed by atoms with van der Waals surface area (Å²) in [6, 6.07) is 7.30. The fourth-order valence-electron chi connectivity index (χ4n) is 2.50. The molecule has 25 heavy (non-hydrogen) atoms. The zero-order valence-electron chi connectivity index (χ0n) is 13.5. The highest BCUT2D eigenvalue weighted by Crippen LogP contribution is 2.27. The highest BCUT2D eigenvalue weighted by molar-refractivity contribution is 7.20. The number of aryl methyl sites for hydroxylation is 1. The van der Waals surface area contributed by atoms with E-state index in [2.05, 4.69) is 11.6 Å². The standard InChI is InChI=1S/C18H15ClN2O3S/c1-3-7-24-18(23)15-11(2)14-16(25-15)20-10-21(17(14)22)9-12-5-4-6-13(19)8-12/h3-6,8,10H,1,7,9H2,2H3. The van der Waals surface area contributed by atoms with Gasteiger partial charge >= 0.3 is 5.97 Å². The van der Waals surface area contributed by atoms with Crippen LogP contribution in [0.5, 0.6) is 0 Å². The number of aromatic nitrogens is 2. The first-order valence-electron chi connectivity index (χ1n) is 7.52. The molecule has 128 valence electrons. The quantitative estimate of drug-likeness (QED) is 0.503. The van der Waals surface area contributed by atoms with E-state index in [0.29, 0.717) is 32.2 Å². The van der Waals surface area contributed by atoms with Gasteiger partial charge in [0.25, 0.3) is 5.56 Å². The van der Waals surface area contributed by atoms with Gasteiger partial charge in [0.1, 0.15) is 16.3 Å². The van der Waals surface area contributed by atoms with Gasteiger partial charge in [-0.1, -0.05) is 36.4 Å². The molecule has 2 heterocycles. The predicted molar refractivity (Wildman–Crippen MR) is 99.7 cm³/mol. The molecule has 0 spiro atoms. The summed E-state index contributed by atoms with van der Waals surface area (Å²) in [7, 11) is 0. The largest absolute Gasteiger partial charge is 0.457 e. The van der Waals surface area contributed by atoms with Crippen LogP contribution in [0.4, 0.5) is 0 Å². The minimum Gasteiger partial charge on any atom is -0.457 e. The molecule has 1 aromatic carbocycles. The first-order chi connectivity index (χ1) is 12.0. The molecule has 0 unspecified atom stereocenters. The van der Waals surface area contributed by atoms with Crippen LogP contribution in [0.1, 0.15) is 20.8 Å². The molecule has 0 aliphatic rings. The van der Waals surface area contributed by atoms with Crippen molar-refractivity contribution >= 4 is 39.1 Å². The number of hydrogen-bond acceptors (Lipinski definition) is 5. The molecule has 3 aromatic rings. The van der Waals surface area contributed by atoms with Crippen LogP contribution in [-0.2, 0) is 11.3 Å². The third kappa shape index (κ3) is 3.50. The molecule has 0 saturated heterocycles. The number of rotatable bonds is 5. The van der Waals surface area contributed by atoms with Gasteiger partial charge in [-0.2, -0.15) is 0 Å². The highest BCUT2D eigenvalue weighted by atomic mass is 35.5. The van der Waals surface area contributed by atoms with Crippen molar-refractivity contribution < 1.29 is 9.53 Å². The molecule has 0 aliphatic heterocycles. The Morgan fingerprint density at radius 1 is 1.48 bits per heavy atom. The van der Waals surface area contributed by atoms with Gasteiger partial charge < -0.3 is 4.74 Å². The Bertz CT molecular complexity index is 1020. The van der Waals surface area contributed by atoms with Crippen molar-refractivity contribution in [1.82, 2.24) is 9.55 Å². The highest BCUT2D eigenvalue weighted by Gasteiger charge is 2.20. The fraction of sp³-hybridized carbons (Fsp3) is 0.167. The number of esters is 1. The maximum absolute atomic E-state index is 12.8. The molecule has 0 radical (unpaired) electrons. The van der Waals surface area contributed by atoms with E-state index in [1.807, 2.05) is 12.1 Å². The molecule has 0 N–H and O–H groups in total. The Morgan fingerprint density at radius 2 is 2.28 bits per heavy atom. The Kier molecular flexibility index (Phi) is 5.01. The maximum atomic E-state index is 12.8. The van der Waals surface area contributed by atoms with Crippen molar-refractivity contribution in [2.45, 2.75) is 13.5 Å². The summed E-state index contributed by atoms with van der Waals surface area (Å²) < 4.78 is 6.58. The lowest BCUT2D eigenvalue weighted by molar-refractivity contribution is 0.0555. The van der Waals surface area contributed by atoms with Gasteiger partial charge in [0.2, 0.25) is 0 Å². The van der Waals surface area contributed by atoms with Crippen LogP contribution < -0.4 is 5.56 Å². The third-order valence-corrected chi connectivity index (χ3v) is 5.09. The molecular weight excluding hydrogens is 360 g/mol. The second-order valence-corrected chi connectivity index (χ2v) is 6.87. The van der Waals surface area contributed by atoms with Crippen molar-refractivity contribution in [2.24, 2.45) is 0 Å². The molecule has 0 saturated carbocycles. The summed E-state index contributed by atoms with van der Waals surface area (Å²) in [5.74, 6) is -0.471. The van der Waals surface area contributed by atoms with Gasteiger partial charge in [-0.05, 0) is 30.2 Å². The monoisotopic (exact) mass is 374 g/mol. The van der Waals surface area contributed by atoms with Crippen LogP contribution in [-0.4, -0.2) is 22.1 Å². The molecule has 2 aromatic heterocycles. The molecular formula is C18H15ClN2O3S. The van der Waals surface area contributed by atoms with Gasteiger partial charge in [-0.25, -0.2) is 9.78 Å². The minimum atomic E-state index is -0.471. The summed E-state index contributed by atoms with van der Waals surface area (Å²) in [5, 5.41) is 1.05. The number of nitrogens with zero attached hydrogens (tertiary/aromatic N) is 2. The normalized spacial score (nSPS) is 10.8. The van der Waals surface area contributed by atoms with Gasteiger partial charge in [0, 0.05) is 5.02 Å². The summed E-state index contributed by atoms with van der Waals surface area (Å²) in [6.45, 7) is 5.73. The molecule has 7 heteroatoms. The number of benzene rings is 1.